The Balaban J connectivity index is 1.72. The van der Waals surface area contributed by atoms with Gasteiger partial charge in [-0.3, -0.25) is 14.2 Å². The summed E-state index contributed by atoms with van der Waals surface area (Å²) in [6, 6.07) is 16.1. The average Bonchev–Trinajstić information content (AvgIpc) is 3.24. The van der Waals surface area contributed by atoms with E-state index in [1.807, 2.05) is 6.07 Å². The van der Waals surface area contributed by atoms with Crippen molar-refractivity contribution < 1.29 is 24.5 Å². The smallest absolute Gasteiger partial charge is 0.271 e. The topological polar surface area (TPSA) is 122 Å². The first-order chi connectivity index (χ1) is 19.2. The van der Waals surface area contributed by atoms with Crippen LogP contribution in [0.15, 0.2) is 86.2 Å². The van der Waals surface area contributed by atoms with Crippen LogP contribution in [-0.4, -0.2) is 34.9 Å². The molecule has 9 nitrogen and oxygen atoms in total. The first kappa shape index (κ1) is 27.2. The van der Waals surface area contributed by atoms with Crippen molar-refractivity contribution in [2.45, 2.75) is 13.0 Å². The van der Waals surface area contributed by atoms with E-state index in [0.717, 1.165) is 11.3 Å². The first-order valence-corrected chi connectivity index (χ1v) is 13.6. The maximum Gasteiger partial charge on any atom is 0.271 e. The highest BCUT2D eigenvalue weighted by Gasteiger charge is 2.33. The Labute approximate surface area is 241 Å². The van der Waals surface area contributed by atoms with E-state index >= 15 is 0 Å². The Morgan fingerprint density at radius 3 is 2.50 bits per heavy atom. The molecule has 4 aromatic rings. The molecular formula is C29H24BrN3O6S. The van der Waals surface area contributed by atoms with Gasteiger partial charge >= 0.3 is 0 Å². The summed E-state index contributed by atoms with van der Waals surface area (Å²) in [5.41, 5.74) is 1.80. The second-order valence-electron chi connectivity index (χ2n) is 8.88. The minimum absolute atomic E-state index is 0.0753. The molecule has 1 amide bonds. The number of rotatable bonds is 6. The molecule has 2 heterocycles. The van der Waals surface area contributed by atoms with Crippen LogP contribution in [0.5, 0.6) is 23.0 Å². The number of thiazole rings is 1. The van der Waals surface area contributed by atoms with E-state index in [4.69, 9.17) is 9.47 Å². The van der Waals surface area contributed by atoms with Crippen molar-refractivity contribution in [1.82, 2.24) is 4.57 Å². The summed E-state index contributed by atoms with van der Waals surface area (Å²) in [5, 5.41) is 23.8. The SMILES string of the molecule is COc1cc([C@@H]2C(C(=O)Nc3ccccc3)=C(C)N=c3s/c(=C\c4cc(Br)cc(OC)c4O)c(=O)n32)ccc1O. The molecule has 11 heteroatoms. The summed E-state index contributed by atoms with van der Waals surface area (Å²) in [7, 11) is 2.86. The second kappa shape index (κ2) is 11.0. The number of phenols is 2. The third-order valence-corrected chi connectivity index (χ3v) is 7.83. The summed E-state index contributed by atoms with van der Waals surface area (Å²) < 4.78 is 13.0. The number of carbonyl (C=O) groups excluding carboxylic acids is 1. The lowest BCUT2D eigenvalue weighted by Crippen LogP contribution is -2.40. The van der Waals surface area contributed by atoms with Crippen molar-refractivity contribution in [3.05, 3.63) is 107 Å². The van der Waals surface area contributed by atoms with Gasteiger partial charge in [0.15, 0.2) is 27.8 Å². The van der Waals surface area contributed by atoms with Gasteiger partial charge < -0.3 is 25.0 Å². The predicted octanol–water partition coefficient (Wildman–Crippen LogP) is 4.06. The first-order valence-electron chi connectivity index (χ1n) is 12.0. The highest BCUT2D eigenvalue weighted by Crippen LogP contribution is 2.36. The summed E-state index contributed by atoms with van der Waals surface area (Å²) in [6.45, 7) is 1.71. The van der Waals surface area contributed by atoms with E-state index in [-0.39, 0.29) is 28.6 Å². The van der Waals surface area contributed by atoms with Crippen molar-refractivity contribution in [3.63, 3.8) is 0 Å². The number of nitrogens with one attached hydrogen (secondary N) is 1. The van der Waals surface area contributed by atoms with E-state index in [9.17, 15) is 19.8 Å². The number of fused-ring (bicyclic) bond motifs is 1. The van der Waals surface area contributed by atoms with Crippen molar-refractivity contribution in [3.8, 4) is 23.0 Å². The van der Waals surface area contributed by atoms with Crippen molar-refractivity contribution >= 4 is 44.9 Å². The number of hydrogen-bond acceptors (Lipinski definition) is 8. The zero-order valence-electron chi connectivity index (χ0n) is 21.6. The number of allylic oxidation sites excluding steroid dienone is 1. The number of aromatic hydroxyl groups is 2. The number of nitrogens with zero attached hydrogens (tertiary/aromatic N) is 2. The number of ether oxygens (including phenoxy) is 2. The van der Waals surface area contributed by atoms with E-state index in [1.54, 1.807) is 61.5 Å². The molecule has 0 bridgehead atoms. The van der Waals surface area contributed by atoms with Crippen LogP contribution in [0, 0.1) is 0 Å². The van der Waals surface area contributed by atoms with Gasteiger partial charge in [0.25, 0.3) is 11.5 Å². The number of hydrogen-bond donors (Lipinski definition) is 3. The lowest BCUT2D eigenvalue weighted by atomic mass is 9.94. The zero-order chi connectivity index (χ0) is 28.6. The number of phenolic OH excluding ortho intramolecular Hbond substituents is 2. The molecule has 1 atom stereocenters. The molecule has 40 heavy (non-hydrogen) atoms. The Hall–Kier alpha value is -4.35. The molecule has 204 valence electrons. The van der Waals surface area contributed by atoms with Crippen molar-refractivity contribution in [2.24, 2.45) is 4.99 Å². The van der Waals surface area contributed by atoms with E-state index in [1.165, 1.54) is 24.9 Å². The third-order valence-electron chi connectivity index (χ3n) is 6.39. The highest BCUT2D eigenvalue weighted by molar-refractivity contribution is 9.10. The number of anilines is 1. The number of benzene rings is 3. The van der Waals surface area contributed by atoms with Crippen LogP contribution in [0.1, 0.15) is 24.1 Å². The van der Waals surface area contributed by atoms with Crippen molar-refractivity contribution in [2.75, 3.05) is 19.5 Å². The number of halogens is 1. The predicted molar refractivity (Wildman–Crippen MR) is 156 cm³/mol. The molecule has 0 fully saturated rings. The largest absolute Gasteiger partial charge is 0.504 e. The van der Waals surface area contributed by atoms with Crippen LogP contribution in [-0.2, 0) is 4.79 Å². The fourth-order valence-electron chi connectivity index (χ4n) is 4.51. The molecule has 1 aromatic heterocycles. The van der Waals surface area contributed by atoms with Crippen LogP contribution >= 0.6 is 27.3 Å². The van der Waals surface area contributed by atoms with Crippen LogP contribution in [0.3, 0.4) is 0 Å². The van der Waals surface area contributed by atoms with Gasteiger partial charge in [-0.1, -0.05) is 51.5 Å². The molecule has 1 aliphatic heterocycles. The molecule has 1 aliphatic rings. The second-order valence-corrected chi connectivity index (χ2v) is 10.8. The van der Waals surface area contributed by atoms with Crippen LogP contribution in [0.25, 0.3) is 6.08 Å². The molecule has 0 unspecified atom stereocenters. The average molecular weight is 622 g/mol. The lowest BCUT2D eigenvalue weighted by Gasteiger charge is -2.25. The van der Waals surface area contributed by atoms with Gasteiger partial charge in [0.2, 0.25) is 0 Å². The molecule has 0 radical (unpaired) electrons. The van der Waals surface area contributed by atoms with Crippen LogP contribution < -0.4 is 29.7 Å². The number of amides is 1. The third kappa shape index (κ3) is 5.01. The van der Waals surface area contributed by atoms with E-state index in [2.05, 4.69) is 26.2 Å². The molecule has 0 aliphatic carbocycles. The molecule has 0 saturated carbocycles. The molecular weight excluding hydrogens is 598 g/mol. The highest BCUT2D eigenvalue weighted by atomic mass is 79.9. The van der Waals surface area contributed by atoms with Gasteiger partial charge in [-0.2, -0.15) is 0 Å². The quantitative estimate of drug-likeness (QED) is 0.298. The van der Waals surface area contributed by atoms with Gasteiger partial charge in [0.1, 0.15) is 0 Å². The lowest BCUT2D eigenvalue weighted by molar-refractivity contribution is -0.113. The minimum Gasteiger partial charge on any atom is -0.504 e. The van der Waals surface area contributed by atoms with Gasteiger partial charge in [-0.05, 0) is 55.0 Å². The molecule has 3 N–H and O–H groups in total. The van der Waals surface area contributed by atoms with Gasteiger partial charge in [0.05, 0.1) is 36.1 Å². The monoisotopic (exact) mass is 621 g/mol. The number of para-hydroxylation sites is 1. The maximum absolute atomic E-state index is 13.9. The molecule has 5 rings (SSSR count). The van der Waals surface area contributed by atoms with E-state index in [0.29, 0.717) is 36.3 Å². The molecule has 3 aromatic carbocycles. The molecule has 0 spiro atoms. The van der Waals surface area contributed by atoms with E-state index < -0.39 is 17.5 Å². The fraction of sp³-hybridized carbons (Fsp3) is 0.138. The van der Waals surface area contributed by atoms with Crippen molar-refractivity contribution in [1.29, 1.82) is 0 Å². The van der Waals surface area contributed by atoms with Crippen LogP contribution in [0.2, 0.25) is 0 Å². The summed E-state index contributed by atoms with van der Waals surface area (Å²) in [4.78, 5) is 32.6. The number of aromatic nitrogens is 1. The maximum atomic E-state index is 13.9. The fourth-order valence-corrected chi connectivity index (χ4v) is 6.00. The van der Waals surface area contributed by atoms with Gasteiger partial charge in [-0.15, -0.1) is 0 Å². The minimum atomic E-state index is -0.873. The summed E-state index contributed by atoms with van der Waals surface area (Å²) >= 11 is 4.53. The Morgan fingerprint density at radius 2 is 1.80 bits per heavy atom. The number of carbonyl (C=O) groups is 1. The van der Waals surface area contributed by atoms with Gasteiger partial charge in [0, 0.05) is 15.7 Å². The normalized spacial score (nSPS) is 14.9. The standard InChI is InChI=1S/C29H24BrN3O6S/c1-15-24(27(36)32-19-7-5-4-6-8-19)25(16-9-10-20(34)21(12-16)38-2)33-28(37)23(40-29(33)31-15)13-17-11-18(30)14-22(39-3)26(17)35/h4-14,25,34-35H,1-3H3,(H,32,36)/b23-13-/t25-/m1/s1. The summed E-state index contributed by atoms with van der Waals surface area (Å²) in [6.07, 6.45) is 1.56. The summed E-state index contributed by atoms with van der Waals surface area (Å²) in [5.74, 6) is -0.168. The Kier molecular flexibility index (Phi) is 7.51. The zero-order valence-corrected chi connectivity index (χ0v) is 24.0. The van der Waals surface area contributed by atoms with Gasteiger partial charge in [-0.25, -0.2) is 4.99 Å². The van der Waals surface area contributed by atoms with Crippen LogP contribution in [0.4, 0.5) is 5.69 Å². The Bertz CT molecular complexity index is 1850. The molecule has 0 saturated heterocycles. The number of methoxy groups -OCH3 is 2. The Morgan fingerprint density at radius 1 is 1.07 bits per heavy atom.